The van der Waals surface area contributed by atoms with Gasteiger partial charge in [0, 0.05) is 56.9 Å². The summed E-state index contributed by atoms with van der Waals surface area (Å²) in [5.74, 6) is -0.676. The van der Waals surface area contributed by atoms with Crippen LogP contribution in [0.2, 0.25) is 0 Å². The van der Waals surface area contributed by atoms with Crippen molar-refractivity contribution in [1.82, 2.24) is 9.55 Å². The lowest BCUT2D eigenvalue weighted by Gasteiger charge is -2.27. The number of para-hydroxylation sites is 3. The highest BCUT2D eigenvalue weighted by Crippen LogP contribution is 2.41. The Kier molecular flexibility index (Phi) is 10.5. The molecule has 10 aromatic rings. The average molecular weight is 857 g/mol. The van der Waals surface area contributed by atoms with Crippen LogP contribution in [0.5, 0.6) is 0 Å². The Hall–Kier alpha value is -8.61. The van der Waals surface area contributed by atoms with Crippen LogP contribution in [-0.2, 0) is 0 Å². The van der Waals surface area contributed by atoms with Crippen LogP contribution in [0.15, 0.2) is 237 Å². The minimum atomic E-state index is -0.338. The highest BCUT2D eigenvalue weighted by Gasteiger charge is 2.19. The van der Waals surface area contributed by atoms with Crippen molar-refractivity contribution in [2.24, 2.45) is 0 Å². The maximum absolute atomic E-state index is 14.1. The molecular weight excluding hydrogens is 815 g/mol. The summed E-state index contributed by atoms with van der Waals surface area (Å²) in [6.07, 6.45) is 10.2. The molecule has 0 fully saturated rings. The molecule has 0 atom stereocenters. The summed E-state index contributed by atoms with van der Waals surface area (Å²) in [7, 11) is 0. The Balaban J connectivity index is 1.07. The number of allylic oxidation sites excluding steroid dienone is 4. The van der Waals surface area contributed by atoms with Crippen molar-refractivity contribution in [3.05, 3.63) is 254 Å². The van der Waals surface area contributed by atoms with Crippen LogP contribution >= 0.6 is 0 Å². The number of aromatic nitrogens is 2. The van der Waals surface area contributed by atoms with E-state index in [0.717, 1.165) is 95.2 Å². The van der Waals surface area contributed by atoms with Gasteiger partial charge in [-0.2, -0.15) is 0 Å². The van der Waals surface area contributed by atoms with Crippen molar-refractivity contribution < 1.29 is 8.78 Å². The van der Waals surface area contributed by atoms with Gasteiger partial charge in [0.25, 0.3) is 0 Å². The maximum atomic E-state index is 14.1. The van der Waals surface area contributed by atoms with Crippen LogP contribution < -0.4 is 9.80 Å². The van der Waals surface area contributed by atoms with E-state index < -0.39 is 0 Å². The van der Waals surface area contributed by atoms with Gasteiger partial charge in [-0.3, -0.25) is 4.98 Å². The van der Waals surface area contributed by atoms with Gasteiger partial charge in [0.05, 0.1) is 28.6 Å². The molecule has 0 bridgehead atoms. The van der Waals surface area contributed by atoms with Gasteiger partial charge in [0.2, 0.25) is 0 Å². The average Bonchev–Trinajstić information content (AvgIpc) is 3.73. The number of fused-ring (bicyclic) bond motifs is 4. The highest BCUT2D eigenvalue weighted by molar-refractivity contribution is 6.10. The first kappa shape index (κ1) is 40.2. The second-order valence-electron chi connectivity index (χ2n) is 16.4. The Morgan fingerprint density at radius 2 is 1.08 bits per heavy atom. The van der Waals surface area contributed by atoms with Gasteiger partial charge in [-0.15, -0.1) is 0 Å². The normalized spacial score (nSPS) is 13.5. The summed E-state index contributed by atoms with van der Waals surface area (Å²) < 4.78 is 30.6. The van der Waals surface area contributed by atoms with Crippen LogP contribution in [-0.4, -0.2) is 16.1 Å². The van der Waals surface area contributed by atoms with E-state index in [1.54, 1.807) is 24.3 Å². The van der Waals surface area contributed by atoms with Crippen molar-refractivity contribution in [1.29, 1.82) is 0 Å². The molecule has 0 aliphatic carbocycles. The second-order valence-corrected chi connectivity index (χ2v) is 16.4. The van der Waals surface area contributed by atoms with Gasteiger partial charge >= 0.3 is 0 Å². The van der Waals surface area contributed by atoms with E-state index in [9.17, 15) is 8.78 Å². The summed E-state index contributed by atoms with van der Waals surface area (Å²) in [5.41, 5.74) is 15.6. The molecule has 0 spiro atoms. The van der Waals surface area contributed by atoms with Crippen LogP contribution in [0.3, 0.4) is 0 Å². The van der Waals surface area contributed by atoms with Gasteiger partial charge in [-0.05, 0) is 161 Å². The lowest BCUT2D eigenvalue weighted by Crippen LogP contribution is -2.18. The molecule has 0 saturated carbocycles. The Bertz CT molecular complexity index is 3420. The Labute approximate surface area is 382 Å². The van der Waals surface area contributed by atoms with E-state index in [2.05, 4.69) is 168 Å². The molecule has 0 saturated heterocycles. The zero-order valence-electron chi connectivity index (χ0n) is 35.9. The highest BCUT2D eigenvalue weighted by atomic mass is 19.1. The smallest absolute Gasteiger partial charge is 0.123 e. The van der Waals surface area contributed by atoms with Gasteiger partial charge in [0.15, 0.2) is 0 Å². The van der Waals surface area contributed by atoms with Gasteiger partial charge in [-0.25, -0.2) is 8.78 Å². The molecule has 0 radical (unpaired) electrons. The summed E-state index contributed by atoms with van der Waals surface area (Å²) in [4.78, 5) is 9.34. The van der Waals surface area contributed by atoms with Crippen LogP contribution in [0.25, 0.3) is 66.6 Å². The molecule has 4 nitrogen and oxygen atoms in total. The molecule has 0 N–H and O–H groups in total. The zero-order valence-corrected chi connectivity index (χ0v) is 35.9. The first-order valence-electron chi connectivity index (χ1n) is 22.0. The largest absolute Gasteiger partial charge is 0.337 e. The lowest BCUT2D eigenvalue weighted by atomic mass is 9.92. The topological polar surface area (TPSA) is 24.3 Å². The third-order valence-electron chi connectivity index (χ3n) is 12.3. The summed E-state index contributed by atoms with van der Waals surface area (Å²) >= 11 is 0. The summed E-state index contributed by atoms with van der Waals surface area (Å²) in [6, 6.07) is 66.2. The number of anilines is 5. The first-order chi connectivity index (χ1) is 32.4. The number of hydrogen-bond donors (Lipinski definition) is 0. The number of halogens is 2. The van der Waals surface area contributed by atoms with Crippen molar-refractivity contribution in [2.75, 3.05) is 16.3 Å². The molecule has 66 heavy (non-hydrogen) atoms. The van der Waals surface area contributed by atoms with E-state index in [4.69, 9.17) is 4.98 Å². The SMILES string of the molecule is C=C1/C=C\C=C/CN(c2ccccc2)c2ccc(-c3cc(-c4ccc5c(c4)c4ccccc4n5-c4ccccc4)cc(-c4ccc(N(c5ccc(F)cc5)c5ccc(F)cc5)cn4)c3)cc21. The van der Waals surface area contributed by atoms with Crippen molar-refractivity contribution in [3.8, 4) is 39.2 Å². The minimum absolute atomic E-state index is 0.338. The van der Waals surface area contributed by atoms with Gasteiger partial charge in [0.1, 0.15) is 11.6 Å². The number of pyridine rings is 1. The third-order valence-corrected chi connectivity index (χ3v) is 12.3. The molecular formula is C60H42F2N4. The van der Waals surface area contributed by atoms with Crippen LogP contribution in [0, 0.1) is 11.6 Å². The number of rotatable bonds is 8. The molecule has 2 aromatic heterocycles. The van der Waals surface area contributed by atoms with Crippen molar-refractivity contribution >= 4 is 55.8 Å². The van der Waals surface area contributed by atoms with Crippen molar-refractivity contribution in [2.45, 2.75) is 0 Å². The molecule has 0 amide bonds. The van der Waals surface area contributed by atoms with E-state index in [-0.39, 0.29) is 11.6 Å². The molecule has 3 heterocycles. The fraction of sp³-hybridized carbons (Fsp3) is 0.0167. The fourth-order valence-corrected chi connectivity index (χ4v) is 9.10. The Morgan fingerprint density at radius 3 is 1.76 bits per heavy atom. The quantitative estimate of drug-likeness (QED) is 0.152. The summed E-state index contributed by atoms with van der Waals surface area (Å²) in [5, 5.41) is 2.35. The second kappa shape index (κ2) is 17.2. The van der Waals surface area contributed by atoms with E-state index >= 15 is 0 Å². The van der Waals surface area contributed by atoms with Gasteiger partial charge in [-0.1, -0.05) is 97.6 Å². The Morgan fingerprint density at radius 1 is 0.485 bits per heavy atom. The standard InChI is InChI=1S/C60H42F2N4/c1-41-13-5-4-12-34-64(49-14-6-2-7-15-49)58-32-20-42(38-55(41)58)44-35-45(43-21-33-60-56(39-43)54-18-10-11-19-59(54)66(60)50-16-8-3-9-17-50)37-46(36-44)57-31-30-53(40-63-57)65(51-26-22-47(61)23-27-51)52-28-24-48(62)25-29-52/h2-33,35-40H,1,34H2/b12-4-,13-5-. The van der Waals surface area contributed by atoms with Gasteiger partial charge < -0.3 is 14.4 Å². The maximum Gasteiger partial charge on any atom is 0.123 e. The number of benzene rings is 8. The van der Waals surface area contributed by atoms with Crippen molar-refractivity contribution in [3.63, 3.8) is 0 Å². The predicted octanol–water partition coefficient (Wildman–Crippen LogP) is 16.2. The van der Waals surface area contributed by atoms with E-state index in [1.165, 1.54) is 29.7 Å². The minimum Gasteiger partial charge on any atom is -0.337 e. The van der Waals surface area contributed by atoms with Crippen LogP contribution in [0.1, 0.15) is 5.56 Å². The molecule has 1 aliphatic rings. The molecule has 6 heteroatoms. The predicted molar refractivity (Wildman–Crippen MR) is 270 cm³/mol. The fourth-order valence-electron chi connectivity index (χ4n) is 9.10. The first-order valence-corrected chi connectivity index (χ1v) is 22.0. The van der Waals surface area contributed by atoms with E-state index in [0.29, 0.717) is 6.54 Å². The molecule has 0 unspecified atom stereocenters. The third kappa shape index (κ3) is 7.65. The zero-order chi connectivity index (χ0) is 44.6. The number of nitrogens with zero attached hydrogens (tertiary/aromatic N) is 4. The molecule has 316 valence electrons. The number of hydrogen-bond acceptors (Lipinski definition) is 3. The van der Waals surface area contributed by atoms with Crippen LogP contribution in [0.4, 0.5) is 37.2 Å². The lowest BCUT2D eigenvalue weighted by molar-refractivity contribution is 0.628. The van der Waals surface area contributed by atoms with E-state index in [1.807, 2.05) is 35.4 Å². The molecule has 1 aliphatic heterocycles. The monoisotopic (exact) mass is 856 g/mol. The summed E-state index contributed by atoms with van der Waals surface area (Å²) in [6.45, 7) is 5.25. The molecule has 11 rings (SSSR count). The molecule has 8 aromatic carbocycles.